The third-order valence-corrected chi connectivity index (χ3v) is 3.33. The first-order valence-electron chi connectivity index (χ1n) is 6.43. The number of carbonyl (C=O) groups is 1. The number of nitriles is 1. The van der Waals surface area contributed by atoms with Gasteiger partial charge in [-0.15, -0.1) is 0 Å². The topological polar surface area (TPSA) is 63.2 Å². The van der Waals surface area contributed by atoms with E-state index in [-0.39, 0.29) is 22.7 Å². The molecule has 0 bridgehead atoms. The fourth-order valence-corrected chi connectivity index (χ4v) is 2.10. The number of furan rings is 1. The third kappa shape index (κ3) is 3.78. The molecule has 0 radical (unpaired) electrons. The van der Waals surface area contributed by atoms with Gasteiger partial charge in [0.25, 0.3) is 0 Å². The maximum absolute atomic E-state index is 12.9. The monoisotopic (exact) mass is 355 g/mol. The fourth-order valence-electron chi connectivity index (χ4n) is 1.87. The number of rotatable bonds is 3. The molecular weight excluding hydrogens is 347 g/mol. The molecule has 2 rings (SSSR count). The van der Waals surface area contributed by atoms with Crippen molar-refractivity contribution in [2.45, 2.75) is 6.18 Å². The highest BCUT2D eigenvalue weighted by molar-refractivity contribution is 6.31. The number of benzene rings is 1. The average molecular weight is 356 g/mol. The van der Waals surface area contributed by atoms with Crippen molar-refractivity contribution in [2.24, 2.45) is 0 Å². The van der Waals surface area contributed by atoms with Crippen LogP contribution in [-0.4, -0.2) is 13.1 Å². The van der Waals surface area contributed by atoms with E-state index in [9.17, 15) is 18.0 Å². The van der Waals surface area contributed by atoms with Crippen LogP contribution in [0.2, 0.25) is 5.02 Å². The lowest BCUT2D eigenvalue weighted by Crippen LogP contribution is -2.05. The van der Waals surface area contributed by atoms with E-state index in [1.807, 2.05) is 0 Å². The summed E-state index contributed by atoms with van der Waals surface area (Å²) in [5.41, 5.74) is -1.13. The summed E-state index contributed by atoms with van der Waals surface area (Å²) in [6.45, 7) is 0. The molecule has 0 aliphatic carbocycles. The summed E-state index contributed by atoms with van der Waals surface area (Å²) in [6.07, 6.45) is -3.46. The summed E-state index contributed by atoms with van der Waals surface area (Å²) in [6, 6.07) is 7.83. The molecule has 124 valence electrons. The van der Waals surface area contributed by atoms with Crippen LogP contribution in [0.4, 0.5) is 13.2 Å². The van der Waals surface area contributed by atoms with Crippen LogP contribution in [0.25, 0.3) is 17.4 Å². The molecular formula is C16H9ClF3NO3. The SMILES string of the molecule is COC(=O)/C(C#N)=C/c1ccc(-c2ccc(Cl)c(C(F)(F)F)c2)o1. The number of esters is 1. The van der Waals surface area contributed by atoms with Gasteiger partial charge in [0.2, 0.25) is 0 Å². The summed E-state index contributed by atoms with van der Waals surface area (Å²) < 4.78 is 48.4. The zero-order valence-corrected chi connectivity index (χ0v) is 12.9. The number of methoxy groups -OCH3 is 1. The van der Waals surface area contributed by atoms with Gasteiger partial charge in [0, 0.05) is 11.6 Å². The van der Waals surface area contributed by atoms with E-state index in [1.54, 1.807) is 6.07 Å². The molecule has 1 aromatic carbocycles. The van der Waals surface area contributed by atoms with Gasteiger partial charge in [0.1, 0.15) is 23.2 Å². The molecule has 0 saturated carbocycles. The van der Waals surface area contributed by atoms with E-state index in [0.29, 0.717) is 0 Å². The van der Waals surface area contributed by atoms with Crippen LogP contribution in [0, 0.1) is 11.3 Å². The van der Waals surface area contributed by atoms with Crippen LogP contribution >= 0.6 is 11.6 Å². The first-order chi connectivity index (χ1) is 11.3. The molecule has 24 heavy (non-hydrogen) atoms. The van der Waals surface area contributed by atoms with Gasteiger partial charge in [0.15, 0.2) is 0 Å². The zero-order valence-electron chi connectivity index (χ0n) is 12.1. The minimum atomic E-state index is -4.60. The van der Waals surface area contributed by atoms with E-state index < -0.39 is 22.7 Å². The lowest BCUT2D eigenvalue weighted by atomic mass is 10.1. The Morgan fingerprint density at radius 3 is 2.62 bits per heavy atom. The van der Waals surface area contributed by atoms with Gasteiger partial charge in [-0.3, -0.25) is 0 Å². The Bertz CT molecular complexity index is 847. The van der Waals surface area contributed by atoms with Gasteiger partial charge in [-0.05, 0) is 30.3 Å². The molecule has 0 aliphatic rings. The molecule has 0 spiro atoms. The van der Waals surface area contributed by atoms with E-state index in [1.165, 1.54) is 18.2 Å². The summed E-state index contributed by atoms with van der Waals surface area (Å²) >= 11 is 5.56. The standard InChI is InChI=1S/C16H9ClF3NO3/c1-23-15(22)10(8-21)6-11-3-5-14(24-11)9-2-4-13(17)12(7-9)16(18,19)20/h2-7H,1H3/b10-6+. The summed E-state index contributed by atoms with van der Waals surface area (Å²) in [5.74, 6) is -0.595. The number of hydrogen-bond donors (Lipinski definition) is 0. The predicted molar refractivity (Wildman–Crippen MR) is 79.8 cm³/mol. The van der Waals surface area contributed by atoms with Crippen molar-refractivity contribution < 1.29 is 27.1 Å². The number of hydrogen-bond acceptors (Lipinski definition) is 4. The summed E-state index contributed by atoms with van der Waals surface area (Å²) in [4.78, 5) is 11.3. The molecule has 1 heterocycles. The molecule has 8 heteroatoms. The van der Waals surface area contributed by atoms with Crippen molar-refractivity contribution in [3.63, 3.8) is 0 Å². The minimum Gasteiger partial charge on any atom is -0.465 e. The predicted octanol–water partition coefficient (Wildman–Crippen LogP) is 4.70. The number of carbonyl (C=O) groups excluding carboxylic acids is 1. The van der Waals surface area contributed by atoms with E-state index in [4.69, 9.17) is 21.3 Å². The number of ether oxygens (including phenoxy) is 1. The van der Waals surface area contributed by atoms with Crippen LogP contribution in [-0.2, 0) is 15.7 Å². The van der Waals surface area contributed by atoms with Gasteiger partial charge in [-0.2, -0.15) is 18.4 Å². The van der Waals surface area contributed by atoms with Crippen molar-refractivity contribution in [3.8, 4) is 17.4 Å². The van der Waals surface area contributed by atoms with Gasteiger partial charge in [-0.25, -0.2) is 4.79 Å². The summed E-state index contributed by atoms with van der Waals surface area (Å²) in [7, 11) is 1.12. The Morgan fingerprint density at radius 2 is 2.04 bits per heavy atom. The van der Waals surface area contributed by atoms with Crippen LogP contribution in [0.3, 0.4) is 0 Å². The number of halogens is 4. The maximum Gasteiger partial charge on any atom is 0.417 e. The maximum atomic E-state index is 12.9. The molecule has 0 amide bonds. The minimum absolute atomic E-state index is 0.121. The second kappa shape index (κ2) is 6.81. The van der Waals surface area contributed by atoms with Crippen LogP contribution in [0.1, 0.15) is 11.3 Å². The van der Waals surface area contributed by atoms with Gasteiger partial charge >= 0.3 is 12.1 Å². The van der Waals surface area contributed by atoms with Crippen LogP contribution in [0.5, 0.6) is 0 Å². The lowest BCUT2D eigenvalue weighted by Gasteiger charge is -2.09. The number of nitrogens with zero attached hydrogens (tertiary/aromatic N) is 1. The molecule has 0 aliphatic heterocycles. The molecule has 0 saturated heterocycles. The van der Waals surface area contributed by atoms with Crippen molar-refractivity contribution in [1.82, 2.24) is 0 Å². The molecule has 4 nitrogen and oxygen atoms in total. The molecule has 1 aromatic heterocycles. The Kier molecular flexibility index (Phi) is 5.00. The van der Waals surface area contributed by atoms with E-state index in [2.05, 4.69) is 4.74 Å². The quantitative estimate of drug-likeness (QED) is 0.455. The molecule has 0 unspecified atom stereocenters. The highest BCUT2D eigenvalue weighted by atomic mass is 35.5. The smallest absolute Gasteiger partial charge is 0.417 e. The Hall–Kier alpha value is -2.72. The second-order valence-corrected chi connectivity index (χ2v) is 4.96. The fraction of sp³-hybridized carbons (Fsp3) is 0.125. The van der Waals surface area contributed by atoms with Crippen molar-refractivity contribution in [1.29, 1.82) is 5.26 Å². The van der Waals surface area contributed by atoms with E-state index in [0.717, 1.165) is 25.3 Å². The summed E-state index contributed by atoms with van der Waals surface area (Å²) in [5, 5.41) is 8.45. The first kappa shape index (κ1) is 17.6. The number of alkyl halides is 3. The molecule has 0 fully saturated rings. The average Bonchev–Trinajstić information content (AvgIpc) is 2.99. The van der Waals surface area contributed by atoms with E-state index >= 15 is 0 Å². The van der Waals surface area contributed by atoms with Crippen LogP contribution in [0.15, 0.2) is 40.3 Å². The Morgan fingerprint density at radius 1 is 1.33 bits per heavy atom. The Balaban J connectivity index is 2.40. The third-order valence-electron chi connectivity index (χ3n) is 3.00. The van der Waals surface area contributed by atoms with Gasteiger partial charge in [-0.1, -0.05) is 11.6 Å². The first-order valence-corrected chi connectivity index (χ1v) is 6.81. The highest BCUT2D eigenvalue weighted by Gasteiger charge is 2.33. The van der Waals surface area contributed by atoms with Gasteiger partial charge < -0.3 is 9.15 Å². The van der Waals surface area contributed by atoms with Crippen molar-refractivity contribution in [2.75, 3.05) is 7.11 Å². The molecule has 2 aromatic rings. The van der Waals surface area contributed by atoms with Crippen molar-refractivity contribution >= 4 is 23.6 Å². The molecule has 0 N–H and O–H groups in total. The second-order valence-electron chi connectivity index (χ2n) is 4.56. The Labute approximate surface area is 139 Å². The van der Waals surface area contributed by atoms with Gasteiger partial charge in [0.05, 0.1) is 17.7 Å². The largest absolute Gasteiger partial charge is 0.465 e. The van der Waals surface area contributed by atoms with Crippen molar-refractivity contribution in [3.05, 3.63) is 52.3 Å². The lowest BCUT2D eigenvalue weighted by molar-refractivity contribution is -0.137. The van der Waals surface area contributed by atoms with Crippen LogP contribution < -0.4 is 0 Å². The highest BCUT2D eigenvalue weighted by Crippen LogP contribution is 2.37. The molecule has 0 atom stereocenters. The zero-order chi connectivity index (χ0) is 17.9. The normalized spacial score (nSPS) is 11.9.